The summed E-state index contributed by atoms with van der Waals surface area (Å²) in [6, 6.07) is 46.9. The number of H-pyrrole nitrogens is 1. The van der Waals surface area contributed by atoms with Crippen LogP contribution < -0.4 is 68.6 Å². The van der Waals surface area contributed by atoms with Crippen molar-refractivity contribution in [2.24, 2.45) is 0 Å². The van der Waals surface area contributed by atoms with Gasteiger partial charge in [0.05, 0.1) is 80.4 Å². The van der Waals surface area contributed by atoms with E-state index in [9.17, 15) is 34.0 Å². The summed E-state index contributed by atoms with van der Waals surface area (Å²) in [6.07, 6.45) is 19.8. The molecule has 5 aliphatic rings. The molecule has 0 saturated carbocycles. The Balaban J connectivity index is 0.000000135. The Bertz CT molecular complexity index is 7970. The lowest BCUT2D eigenvalue weighted by Gasteiger charge is -2.22. The molecule has 0 unspecified atom stereocenters. The number of nitrogens with one attached hydrogen (secondary N) is 1. The first kappa shape index (κ1) is 105. The Labute approximate surface area is 868 Å². The Morgan fingerprint density at radius 3 is 1.11 bits per heavy atom. The molecule has 0 fully saturated rings. The number of carbonyl (C=O) groups is 5. The van der Waals surface area contributed by atoms with Crippen molar-refractivity contribution in [3.8, 4) is 11.5 Å². The number of aryl methyl sites for hydroxylation is 10. The number of aliphatic hydroxyl groups excluding tert-OH is 1. The molecule has 0 bridgehead atoms. The average molecular weight is 2050 g/mol. The molecule has 18 heterocycles. The van der Waals surface area contributed by atoms with E-state index in [4.69, 9.17) is 19.6 Å². The zero-order valence-corrected chi connectivity index (χ0v) is 88.5. The van der Waals surface area contributed by atoms with E-state index in [1.807, 2.05) is 269 Å². The predicted octanol–water partition coefficient (Wildman–Crippen LogP) is 19.9. The minimum atomic E-state index is -0.126. The number of pyridine rings is 13. The van der Waals surface area contributed by atoms with E-state index >= 15 is 0 Å². The molecule has 0 spiro atoms. The van der Waals surface area contributed by atoms with E-state index in [0.717, 1.165) is 179 Å². The number of allylic oxidation sites excluding steroid dienone is 1. The Hall–Kier alpha value is -17.1. The highest BCUT2D eigenvalue weighted by Crippen LogP contribution is 2.46. The van der Waals surface area contributed by atoms with Gasteiger partial charge in [-0.15, -0.1) is 6.58 Å². The number of anilines is 15. The first-order chi connectivity index (χ1) is 70.8. The Morgan fingerprint density at radius 2 is 0.723 bits per heavy atom. The summed E-state index contributed by atoms with van der Waals surface area (Å²) in [5, 5.41) is 23.6. The van der Waals surface area contributed by atoms with Crippen LogP contribution in [0.5, 0.6) is 11.5 Å². The van der Waals surface area contributed by atoms with Crippen LogP contribution >= 0.6 is 15.9 Å². The monoisotopic (exact) mass is 2050 g/mol. The maximum atomic E-state index is 13.4. The molecule has 0 atom stereocenters. The number of para-hydroxylation sites is 3. The van der Waals surface area contributed by atoms with Crippen molar-refractivity contribution in [2.45, 2.75) is 102 Å². The molecule has 5 aliphatic heterocycles. The van der Waals surface area contributed by atoms with Crippen LogP contribution in [0.4, 0.5) is 86.6 Å². The van der Waals surface area contributed by atoms with Crippen LogP contribution in [0.1, 0.15) is 144 Å². The number of carbonyl (C=O) groups excluding carboxylic acids is 5. The van der Waals surface area contributed by atoms with Crippen molar-refractivity contribution >= 4 is 171 Å². The number of nitrogens with zero attached hydrogens (tertiary/aromatic N) is 22. The lowest BCUT2D eigenvalue weighted by molar-refractivity contribution is -0.577. The van der Waals surface area contributed by atoms with Gasteiger partial charge < -0.3 is 73.8 Å². The first-order valence-electron chi connectivity index (χ1n) is 48.1. The zero-order chi connectivity index (χ0) is 106. The van der Waals surface area contributed by atoms with Gasteiger partial charge in [-0.2, -0.15) is 4.73 Å². The molecule has 13 aromatic heterocycles. The van der Waals surface area contributed by atoms with Gasteiger partial charge in [0.2, 0.25) is 5.52 Å². The molecular weight excluding hydrogens is 1930 g/mol. The molecular formula is C114H118BrN23O10. The Kier molecular flexibility index (Phi) is 32.0. The summed E-state index contributed by atoms with van der Waals surface area (Å²) in [5.41, 5.74) is 22.2. The third-order valence-corrected chi connectivity index (χ3v) is 26.2. The number of hydrogen-bond donors (Lipinski definition) is 2. The van der Waals surface area contributed by atoms with E-state index in [-0.39, 0.29) is 41.6 Å². The highest BCUT2D eigenvalue weighted by atomic mass is 79.9. The van der Waals surface area contributed by atoms with Crippen LogP contribution in [0, 0.1) is 74.4 Å². The van der Waals surface area contributed by atoms with Gasteiger partial charge >= 0.3 is 0 Å². The molecule has 2 N–H and O–H groups in total. The second-order valence-corrected chi connectivity index (χ2v) is 37.4. The van der Waals surface area contributed by atoms with E-state index < -0.39 is 0 Å². The first-order valence-corrected chi connectivity index (χ1v) is 48.9. The molecule has 34 heteroatoms. The number of halogens is 1. The third-order valence-electron chi connectivity index (χ3n) is 25.7. The van der Waals surface area contributed by atoms with E-state index in [1.54, 1.807) is 121 Å². The van der Waals surface area contributed by atoms with Crippen molar-refractivity contribution in [1.29, 1.82) is 0 Å². The second kappa shape index (κ2) is 45.0. The normalized spacial score (nSPS) is 12.9. The number of ether oxygens (including phenoxy) is 2. The molecule has 756 valence electrons. The maximum Gasteiger partial charge on any atom is 0.261 e. The lowest BCUT2D eigenvalue weighted by Crippen LogP contribution is -2.26. The molecule has 21 rings (SSSR count). The standard InChI is InChI=1S/C26H25N5O3.C26H25N5O2.C17H20N4O2.C17H18N4O.C15H15BrN4O.C9H7NO.C4H8/c1-16-13-17(2)28-25-23(16)29(3)26(32)20-14-18(15-27-24(20)30(25)4)10-12-34-22-9-11-31(33)21-8-6-5-7-19(21)22;1-16-13-17(2)29-25-23(16)30(3)26(32)20-14-18(15-28-24(20)31(25)4)10-12-33-22-9-11-27-21-8-6-5-7-19(21)22;1-10-7-11(2)19-16-14(10)20(3)17(23)13-8-12(5-6-22)9-18-15(13)21(16)4;1-6-12-8-13-15(18-9-12)21(5)16-14(20(4)17(13)22)10(2)7-11(3)19-16;1-8-5-9(2)18-14-12(8)19(3)15(21)11-6-10(16)7-17-13(11)20(14)4;11-9-5-6-10-8-4-2-1-3-7(8)9;1-3-4-2/h5-9,11,13-15H,10,12H2,1-4H3;5-9,11,13-15H,10,12H2,1-4H3;7-9,22H,5-6H2,1-4H3;6-9H,1H2,2-5H3;5-7H,1-4H3;1-6H,(H,10,11);3H,1,4H2,2H3. The molecule has 0 radical (unpaired) electrons. The van der Waals surface area contributed by atoms with Gasteiger partial charge in [0.15, 0.2) is 40.7 Å². The van der Waals surface area contributed by atoms with Crippen LogP contribution in [0.15, 0.2) is 230 Å². The topological polar surface area (TPSA) is 358 Å². The van der Waals surface area contributed by atoms with Gasteiger partial charge in [0, 0.05) is 201 Å². The van der Waals surface area contributed by atoms with Crippen molar-refractivity contribution < 1.29 is 43.3 Å². The van der Waals surface area contributed by atoms with Crippen LogP contribution in [-0.2, 0) is 19.3 Å². The highest BCUT2D eigenvalue weighted by Gasteiger charge is 2.38. The molecule has 33 nitrogen and oxygen atoms in total. The van der Waals surface area contributed by atoms with Crippen LogP contribution in [0.25, 0.3) is 38.8 Å². The number of aliphatic hydroxyl groups is 1. The minimum Gasteiger partial charge on any atom is -0.618 e. The summed E-state index contributed by atoms with van der Waals surface area (Å²) in [5.74, 6) is 7.57. The quantitative estimate of drug-likeness (QED) is 0.0651. The fourth-order valence-corrected chi connectivity index (χ4v) is 18.9. The number of rotatable bonds is 12. The van der Waals surface area contributed by atoms with Gasteiger partial charge in [0.25, 0.3) is 29.5 Å². The zero-order valence-electron chi connectivity index (χ0n) is 86.9. The smallest absolute Gasteiger partial charge is 0.261 e. The minimum absolute atomic E-state index is 0.0282. The Morgan fingerprint density at radius 1 is 0.385 bits per heavy atom. The predicted molar refractivity (Wildman–Crippen MR) is 590 cm³/mol. The second-order valence-electron chi connectivity index (χ2n) is 36.5. The van der Waals surface area contributed by atoms with E-state index in [1.165, 1.54) is 12.3 Å². The number of benzene rings is 3. The number of amides is 5. The van der Waals surface area contributed by atoms with Gasteiger partial charge in [-0.05, 0) is 245 Å². The molecule has 3 aromatic carbocycles. The fraction of sp³-hybridized carbons (Fsp3) is 0.246. The molecule has 0 saturated heterocycles. The summed E-state index contributed by atoms with van der Waals surface area (Å²) in [4.78, 5) is 147. The molecule has 148 heavy (non-hydrogen) atoms. The van der Waals surface area contributed by atoms with Crippen molar-refractivity contribution in [3.05, 3.63) is 347 Å². The van der Waals surface area contributed by atoms with Gasteiger partial charge in [-0.25, -0.2) is 49.8 Å². The number of aromatic nitrogens is 13. The van der Waals surface area contributed by atoms with E-state index in [0.29, 0.717) is 106 Å². The van der Waals surface area contributed by atoms with E-state index in [2.05, 4.69) is 90.8 Å². The largest absolute Gasteiger partial charge is 0.618 e. The van der Waals surface area contributed by atoms with Crippen molar-refractivity contribution in [2.75, 3.05) is 139 Å². The SMILES string of the molecule is C=CCC.C=Cc1cnc2c(c1)C(=O)N(C)c1c(C)cc(C)nc1N2C.Cc1cc(C)c2c(n1)N(C)c1ncc(Br)cc1C(=O)N2C.Cc1cc(C)c2c(n1)N(C)c1ncc(CCO)cc1C(=O)N2C.Cc1cc(C)c2c(n1)N(C)c1ncc(CCOc3cc[n+]([O-])c4ccccc34)cc1C(=O)N2C.Cc1cc(C)c2c(n1)N(C)c1ncc(CCOc3ccnc4ccccc34)cc1C(=O)N2C.O=c1cc[nH]c2ccccc12. The van der Waals surface area contributed by atoms with Crippen molar-refractivity contribution in [3.63, 3.8) is 0 Å². The lowest BCUT2D eigenvalue weighted by atomic mass is 10.1. The molecule has 16 aromatic rings. The molecule has 5 amide bonds. The molecule has 0 aliphatic carbocycles. The van der Waals surface area contributed by atoms with Crippen molar-refractivity contribution in [1.82, 2.24) is 59.8 Å². The van der Waals surface area contributed by atoms with Gasteiger partial charge in [-0.3, -0.25) is 33.8 Å². The summed E-state index contributed by atoms with van der Waals surface area (Å²) >= 11 is 3.38. The summed E-state index contributed by atoms with van der Waals surface area (Å²) in [7, 11) is 18.3. The van der Waals surface area contributed by atoms with Crippen LogP contribution in [0.3, 0.4) is 0 Å². The van der Waals surface area contributed by atoms with Crippen LogP contribution in [0.2, 0.25) is 0 Å². The average Bonchev–Trinajstić information content (AvgIpc) is 1.63. The highest BCUT2D eigenvalue weighted by molar-refractivity contribution is 9.10. The van der Waals surface area contributed by atoms with Gasteiger partial charge in [0.1, 0.15) is 40.6 Å². The van der Waals surface area contributed by atoms with Gasteiger partial charge in [-0.1, -0.05) is 62.1 Å². The summed E-state index contributed by atoms with van der Waals surface area (Å²) < 4.78 is 13.7. The fourth-order valence-electron chi connectivity index (χ4n) is 18.6. The number of aromatic amines is 1. The number of hydrogen-bond acceptors (Lipinski definition) is 26. The maximum absolute atomic E-state index is 13.4. The van der Waals surface area contributed by atoms with Crippen LogP contribution in [-0.4, -0.2) is 185 Å². The number of fused-ring (bicyclic) bond motifs is 13. The third kappa shape index (κ3) is 21.7. The summed E-state index contributed by atoms with van der Waals surface area (Å²) in [6.45, 7) is 29.8.